The van der Waals surface area contributed by atoms with Crippen LogP contribution in [0.2, 0.25) is 0 Å². The van der Waals surface area contributed by atoms with Gasteiger partial charge in [-0.2, -0.15) is 0 Å². The number of nitrogens with one attached hydrogen (secondary N) is 2. The predicted molar refractivity (Wildman–Crippen MR) is 77.3 cm³/mol. The van der Waals surface area contributed by atoms with Gasteiger partial charge in [-0.15, -0.1) is 0 Å². The summed E-state index contributed by atoms with van der Waals surface area (Å²) in [7, 11) is 1.71. The maximum atomic E-state index is 5.44. The van der Waals surface area contributed by atoms with Crippen LogP contribution in [-0.2, 0) is 0 Å². The minimum Gasteiger partial charge on any atom is -0.495 e. The number of aryl methyl sites for hydroxylation is 1. The normalized spacial score (nSPS) is 19.6. The SMILES string of the molecule is COc1ccc(C)c2c(Br)c(C3CCCN3)[nH]c12. The molecule has 2 N–H and O–H groups in total. The second-order valence-corrected chi connectivity index (χ2v) is 5.63. The fourth-order valence-corrected chi connectivity index (χ4v) is 3.65. The lowest BCUT2D eigenvalue weighted by molar-refractivity contribution is 0.419. The number of hydrogen-bond donors (Lipinski definition) is 2. The monoisotopic (exact) mass is 308 g/mol. The van der Waals surface area contributed by atoms with E-state index in [2.05, 4.69) is 39.2 Å². The zero-order chi connectivity index (χ0) is 12.7. The third-order valence-electron chi connectivity index (χ3n) is 3.72. The molecule has 0 amide bonds. The van der Waals surface area contributed by atoms with Crippen LogP contribution in [0, 0.1) is 6.92 Å². The van der Waals surface area contributed by atoms with Crippen LogP contribution in [0.15, 0.2) is 16.6 Å². The van der Waals surface area contributed by atoms with Crippen molar-refractivity contribution in [1.29, 1.82) is 0 Å². The molecule has 4 heteroatoms. The molecule has 0 spiro atoms. The van der Waals surface area contributed by atoms with Gasteiger partial charge in [-0.3, -0.25) is 0 Å². The summed E-state index contributed by atoms with van der Waals surface area (Å²) in [6.45, 7) is 3.23. The van der Waals surface area contributed by atoms with Crippen molar-refractivity contribution in [1.82, 2.24) is 10.3 Å². The average Bonchev–Trinajstić information content (AvgIpc) is 2.98. The predicted octanol–water partition coefficient (Wildman–Crippen LogP) is 3.67. The fourth-order valence-electron chi connectivity index (χ4n) is 2.76. The third-order valence-corrected chi connectivity index (χ3v) is 4.54. The molecule has 1 saturated heterocycles. The Hall–Kier alpha value is -1.00. The number of benzene rings is 1. The van der Waals surface area contributed by atoms with Gasteiger partial charge in [-0.25, -0.2) is 0 Å². The molecule has 1 aliphatic heterocycles. The number of halogens is 1. The molecule has 2 heterocycles. The Labute approximate surface area is 115 Å². The topological polar surface area (TPSA) is 37.0 Å². The van der Waals surface area contributed by atoms with Gasteiger partial charge in [0.2, 0.25) is 0 Å². The van der Waals surface area contributed by atoms with E-state index in [0.717, 1.165) is 17.8 Å². The Bertz CT molecular complexity index is 585. The van der Waals surface area contributed by atoms with Crippen LogP contribution in [0.1, 0.15) is 30.1 Å². The molecule has 0 radical (unpaired) electrons. The molecule has 0 aliphatic carbocycles. The van der Waals surface area contributed by atoms with Crippen LogP contribution in [0.3, 0.4) is 0 Å². The first-order chi connectivity index (χ1) is 8.72. The molecule has 0 bridgehead atoms. The van der Waals surface area contributed by atoms with E-state index >= 15 is 0 Å². The first-order valence-corrected chi connectivity index (χ1v) is 7.09. The van der Waals surface area contributed by atoms with Crippen LogP contribution in [0.4, 0.5) is 0 Å². The van der Waals surface area contributed by atoms with Gasteiger partial charge in [0.15, 0.2) is 0 Å². The highest BCUT2D eigenvalue weighted by atomic mass is 79.9. The molecule has 1 unspecified atom stereocenters. The molecule has 1 aromatic carbocycles. The van der Waals surface area contributed by atoms with E-state index < -0.39 is 0 Å². The van der Waals surface area contributed by atoms with Gasteiger partial charge in [-0.05, 0) is 53.9 Å². The van der Waals surface area contributed by atoms with Crippen molar-refractivity contribution in [2.45, 2.75) is 25.8 Å². The molecule has 0 saturated carbocycles. The zero-order valence-electron chi connectivity index (χ0n) is 10.6. The first-order valence-electron chi connectivity index (χ1n) is 6.30. The number of fused-ring (bicyclic) bond motifs is 1. The molecule has 18 heavy (non-hydrogen) atoms. The second-order valence-electron chi connectivity index (χ2n) is 4.84. The lowest BCUT2D eigenvalue weighted by Crippen LogP contribution is -2.13. The quantitative estimate of drug-likeness (QED) is 0.888. The third kappa shape index (κ3) is 1.75. The number of ether oxygens (including phenoxy) is 1. The van der Waals surface area contributed by atoms with Crippen LogP contribution in [-0.4, -0.2) is 18.6 Å². The standard InChI is InChI=1S/C14H17BrN2O/c1-8-5-6-10(18-2)14-11(8)12(15)13(17-14)9-4-3-7-16-9/h5-6,9,16-17H,3-4,7H2,1-2H3. The van der Waals surface area contributed by atoms with Crippen molar-refractivity contribution in [2.24, 2.45) is 0 Å². The molecule has 1 atom stereocenters. The summed E-state index contributed by atoms with van der Waals surface area (Å²) in [6.07, 6.45) is 2.43. The molecule has 1 fully saturated rings. The number of aromatic amines is 1. The number of methoxy groups -OCH3 is 1. The summed E-state index contributed by atoms with van der Waals surface area (Å²) in [5.74, 6) is 0.903. The van der Waals surface area contributed by atoms with E-state index in [1.807, 2.05) is 6.07 Å². The zero-order valence-corrected chi connectivity index (χ0v) is 12.2. The largest absolute Gasteiger partial charge is 0.495 e. The smallest absolute Gasteiger partial charge is 0.142 e. The maximum Gasteiger partial charge on any atom is 0.142 e. The van der Waals surface area contributed by atoms with Crippen LogP contribution >= 0.6 is 15.9 Å². The lowest BCUT2D eigenvalue weighted by Gasteiger charge is -2.08. The van der Waals surface area contributed by atoms with Crippen molar-refractivity contribution >= 4 is 26.8 Å². The van der Waals surface area contributed by atoms with Crippen LogP contribution < -0.4 is 10.1 Å². The molecule has 3 nitrogen and oxygen atoms in total. The number of aromatic nitrogens is 1. The van der Waals surface area contributed by atoms with E-state index in [4.69, 9.17) is 4.74 Å². The highest BCUT2D eigenvalue weighted by Crippen LogP contribution is 2.39. The first kappa shape index (κ1) is 12.1. The average molecular weight is 309 g/mol. The molecular weight excluding hydrogens is 292 g/mol. The molecule has 3 rings (SSSR count). The van der Waals surface area contributed by atoms with Crippen molar-refractivity contribution in [3.8, 4) is 5.75 Å². The number of hydrogen-bond acceptors (Lipinski definition) is 2. The Morgan fingerprint density at radius 3 is 2.89 bits per heavy atom. The molecule has 96 valence electrons. The summed E-state index contributed by atoms with van der Waals surface area (Å²) in [4.78, 5) is 3.53. The summed E-state index contributed by atoms with van der Waals surface area (Å²) in [6, 6.07) is 4.55. The molecular formula is C14H17BrN2O. The minimum absolute atomic E-state index is 0.427. The number of rotatable bonds is 2. The maximum absolute atomic E-state index is 5.44. The summed E-state index contributed by atoms with van der Waals surface area (Å²) >= 11 is 3.75. The Morgan fingerprint density at radius 1 is 1.39 bits per heavy atom. The molecule has 2 aromatic rings. The van der Waals surface area contributed by atoms with Gasteiger partial charge in [0.1, 0.15) is 5.75 Å². The Morgan fingerprint density at radius 2 is 2.22 bits per heavy atom. The summed E-state index contributed by atoms with van der Waals surface area (Å²) in [5.41, 5.74) is 3.60. The van der Waals surface area contributed by atoms with Crippen molar-refractivity contribution in [2.75, 3.05) is 13.7 Å². The Kier molecular flexibility index (Phi) is 3.08. The minimum atomic E-state index is 0.427. The van der Waals surface area contributed by atoms with Crippen molar-refractivity contribution < 1.29 is 4.74 Å². The van der Waals surface area contributed by atoms with E-state index in [-0.39, 0.29) is 0 Å². The van der Waals surface area contributed by atoms with E-state index in [1.54, 1.807) is 7.11 Å². The van der Waals surface area contributed by atoms with Gasteiger partial charge in [0.25, 0.3) is 0 Å². The van der Waals surface area contributed by atoms with Crippen LogP contribution in [0.5, 0.6) is 5.75 Å². The highest BCUT2D eigenvalue weighted by molar-refractivity contribution is 9.10. The van der Waals surface area contributed by atoms with Gasteiger partial charge in [-0.1, -0.05) is 6.07 Å². The van der Waals surface area contributed by atoms with E-state index in [9.17, 15) is 0 Å². The van der Waals surface area contributed by atoms with E-state index in [0.29, 0.717) is 6.04 Å². The van der Waals surface area contributed by atoms with Gasteiger partial charge >= 0.3 is 0 Å². The molecule has 1 aromatic heterocycles. The lowest BCUT2D eigenvalue weighted by atomic mass is 10.1. The summed E-state index contributed by atoms with van der Waals surface area (Å²) < 4.78 is 6.62. The van der Waals surface area contributed by atoms with Crippen molar-refractivity contribution in [3.63, 3.8) is 0 Å². The van der Waals surface area contributed by atoms with Crippen molar-refractivity contribution in [3.05, 3.63) is 27.9 Å². The summed E-state index contributed by atoms with van der Waals surface area (Å²) in [5, 5.41) is 4.76. The number of H-pyrrole nitrogens is 1. The Balaban J connectivity index is 2.22. The van der Waals surface area contributed by atoms with Gasteiger partial charge in [0.05, 0.1) is 12.6 Å². The second kappa shape index (κ2) is 4.59. The van der Waals surface area contributed by atoms with Crippen LogP contribution in [0.25, 0.3) is 10.9 Å². The molecule has 1 aliphatic rings. The highest BCUT2D eigenvalue weighted by Gasteiger charge is 2.23. The fraction of sp³-hybridized carbons (Fsp3) is 0.429. The van der Waals surface area contributed by atoms with Gasteiger partial charge < -0.3 is 15.0 Å². The van der Waals surface area contributed by atoms with Gasteiger partial charge in [0, 0.05) is 21.6 Å². The van der Waals surface area contributed by atoms with E-state index in [1.165, 1.54) is 34.0 Å².